The molecule has 126 valence electrons. The van der Waals surface area contributed by atoms with E-state index in [0.29, 0.717) is 24.1 Å². The van der Waals surface area contributed by atoms with Crippen LogP contribution in [-0.2, 0) is 0 Å². The second kappa shape index (κ2) is 8.02. The summed E-state index contributed by atoms with van der Waals surface area (Å²) in [4.78, 5) is 4.18. The van der Waals surface area contributed by atoms with Gasteiger partial charge in [0.25, 0.3) is 0 Å². The van der Waals surface area contributed by atoms with Crippen LogP contribution >= 0.6 is 24.8 Å². The molecule has 0 aliphatic heterocycles. The van der Waals surface area contributed by atoms with Crippen LogP contribution in [0.1, 0.15) is 47.7 Å². The normalized spacial score (nSPS) is 23.0. The van der Waals surface area contributed by atoms with Gasteiger partial charge in [-0.25, -0.2) is 8.78 Å². The predicted molar refractivity (Wildman–Crippen MR) is 89.0 cm³/mol. The largest absolute Gasteiger partial charge is 0.387 e. The molecule has 0 bridgehead atoms. The lowest BCUT2D eigenvalue weighted by Gasteiger charge is -2.23. The van der Waals surface area contributed by atoms with E-state index in [0.717, 1.165) is 6.07 Å². The van der Waals surface area contributed by atoms with Crippen LogP contribution < -0.4 is 5.73 Å². The molecule has 0 saturated carbocycles. The number of benzene rings is 1. The molecule has 0 radical (unpaired) electrons. The molecule has 23 heavy (non-hydrogen) atoms. The fourth-order valence-corrected chi connectivity index (χ4v) is 3.02. The van der Waals surface area contributed by atoms with E-state index in [1.165, 1.54) is 6.07 Å². The summed E-state index contributed by atoms with van der Waals surface area (Å²) in [5.41, 5.74) is 7.74. The first-order valence-corrected chi connectivity index (χ1v) is 6.92. The van der Waals surface area contributed by atoms with Gasteiger partial charge in [-0.05, 0) is 36.1 Å². The third kappa shape index (κ3) is 3.63. The van der Waals surface area contributed by atoms with Crippen molar-refractivity contribution in [1.29, 1.82) is 0 Å². The number of pyridine rings is 1. The molecular formula is C16H18Cl2F2N2O. The van der Waals surface area contributed by atoms with Crippen LogP contribution in [0.15, 0.2) is 36.5 Å². The lowest BCUT2D eigenvalue weighted by atomic mass is 9.86. The number of fused-ring (bicyclic) bond motifs is 1. The van der Waals surface area contributed by atoms with E-state index in [1.807, 2.05) is 0 Å². The maximum Gasteiger partial charge on any atom is 0.162 e. The monoisotopic (exact) mass is 362 g/mol. The molecule has 2 aromatic rings. The van der Waals surface area contributed by atoms with E-state index >= 15 is 0 Å². The lowest BCUT2D eigenvalue weighted by molar-refractivity contribution is 0.160. The Balaban J connectivity index is 0.00000132. The average molecular weight is 363 g/mol. The third-order valence-electron chi connectivity index (χ3n) is 4.11. The molecule has 1 aromatic heterocycles. The SMILES string of the molecule is Cl.Cl.N[C@@H]1c2cccnc2C(O)CCC1c1cccc(F)c1F. The Bertz CT molecular complexity index is 672. The molecular weight excluding hydrogens is 345 g/mol. The minimum Gasteiger partial charge on any atom is -0.387 e. The summed E-state index contributed by atoms with van der Waals surface area (Å²) in [6, 6.07) is 7.11. The highest BCUT2D eigenvalue weighted by Crippen LogP contribution is 2.41. The molecule has 0 saturated heterocycles. The number of aliphatic hydroxyl groups is 1. The summed E-state index contributed by atoms with van der Waals surface area (Å²) in [5.74, 6) is -2.13. The highest BCUT2D eigenvalue weighted by atomic mass is 35.5. The molecule has 1 aromatic carbocycles. The Kier molecular flexibility index (Phi) is 6.89. The van der Waals surface area contributed by atoms with Crippen LogP contribution in [0.25, 0.3) is 0 Å². The number of aromatic nitrogens is 1. The van der Waals surface area contributed by atoms with Crippen LogP contribution in [-0.4, -0.2) is 10.1 Å². The summed E-state index contributed by atoms with van der Waals surface area (Å²) >= 11 is 0. The molecule has 0 spiro atoms. The second-order valence-corrected chi connectivity index (χ2v) is 5.35. The maximum atomic E-state index is 14.1. The molecule has 3 rings (SSSR count). The summed E-state index contributed by atoms with van der Waals surface area (Å²) in [6.07, 6.45) is 1.75. The Morgan fingerprint density at radius 1 is 1.04 bits per heavy atom. The molecule has 2 unspecified atom stereocenters. The maximum absolute atomic E-state index is 14.1. The van der Waals surface area contributed by atoms with Crippen molar-refractivity contribution in [2.24, 2.45) is 5.73 Å². The van der Waals surface area contributed by atoms with Crippen molar-refractivity contribution in [2.75, 3.05) is 0 Å². The Hall–Kier alpha value is -1.27. The average Bonchev–Trinajstić information content (AvgIpc) is 2.62. The first-order valence-electron chi connectivity index (χ1n) is 6.92. The first kappa shape index (κ1) is 19.8. The molecule has 1 aliphatic rings. The summed E-state index contributed by atoms with van der Waals surface area (Å²) < 4.78 is 27.5. The van der Waals surface area contributed by atoms with Gasteiger partial charge in [0.05, 0.1) is 11.8 Å². The van der Waals surface area contributed by atoms with Gasteiger partial charge in [0.2, 0.25) is 0 Å². The van der Waals surface area contributed by atoms with E-state index in [-0.39, 0.29) is 36.3 Å². The van der Waals surface area contributed by atoms with Crippen LogP contribution in [0.4, 0.5) is 8.78 Å². The van der Waals surface area contributed by atoms with Crippen molar-refractivity contribution >= 4 is 24.8 Å². The minimum absolute atomic E-state index is 0. The highest BCUT2D eigenvalue weighted by Gasteiger charge is 2.32. The second-order valence-electron chi connectivity index (χ2n) is 5.35. The number of aliphatic hydroxyl groups excluding tert-OH is 1. The van der Waals surface area contributed by atoms with Crippen molar-refractivity contribution in [2.45, 2.75) is 30.9 Å². The van der Waals surface area contributed by atoms with Crippen molar-refractivity contribution < 1.29 is 13.9 Å². The molecule has 1 aliphatic carbocycles. The summed E-state index contributed by atoms with van der Waals surface area (Å²) in [6.45, 7) is 0. The van der Waals surface area contributed by atoms with Crippen molar-refractivity contribution in [3.8, 4) is 0 Å². The van der Waals surface area contributed by atoms with Gasteiger partial charge >= 0.3 is 0 Å². The van der Waals surface area contributed by atoms with Crippen molar-refractivity contribution in [3.63, 3.8) is 0 Å². The van der Waals surface area contributed by atoms with Crippen molar-refractivity contribution in [3.05, 3.63) is 65.0 Å². The predicted octanol–water partition coefficient (Wildman–Crippen LogP) is 3.81. The molecule has 7 heteroatoms. The van der Waals surface area contributed by atoms with Gasteiger partial charge < -0.3 is 10.8 Å². The van der Waals surface area contributed by atoms with E-state index in [2.05, 4.69) is 4.98 Å². The van der Waals surface area contributed by atoms with Gasteiger partial charge in [0.15, 0.2) is 11.6 Å². The number of nitrogens with zero attached hydrogens (tertiary/aromatic N) is 1. The zero-order chi connectivity index (χ0) is 15.0. The number of nitrogens with two attached hydrogens (primary N) is 1. The van der Waals surface area contributed by atoms with Crippen molar-refractivity contribution in [1.82, 2.24) is 4.98 Å². The smallest absolute Gasteiger partial charge is 0.162 e. The molecule has 3 N–H and O–H groups in total. The molecule has 3 atom stereocenters. The van der Waals surface area contributed by atoms with Gasteiger partial charge in [-0.15, -0.1) is 24.8 Å². The molecule has 1 heterocycles. The number of halogens is 4. The van der Waals surface area contributed by atoms with E-state index in [9.17, 15) is 13.9 Å². The Morgan fingerprint density at radius 2 is 1.74 bits per heavy atom. The van der Waals surface area contributed by atoms with Crippen LogP contribution in [0.2, 0.25) is 0 Å². The van der Waals surface area contributed by atoms with Gasteiger partial charge in [0, 0.05) is 18.2 Å². The Labute approximate surface area is 145 Å². The Morgan fingerprint density at radius 3 is 2.48 bits per heavy atom. The van der Waals surface area contributed by atoms with Gasteiger partial charge in [-0.3, -0.25) is 4.98 Å². The fraction of sp³-hybridized carbons (Fsp3) is 0.312. The number of rotatable bonds is 1. The lowest BCUT2D eigenvalue weighted by Crippen LogP contribution is -2.21. The zero-order valence-electron chi connectivity index (χ0n) is 12.2. The van der Waals surface area contributed by atoms with Gasteiger partial charge in [0.1, 0.15) is 0 Å². The molecule has 0 amide bonds. The van der Waals surface area contributed by atoms with Gasteiger partial charge in [-0.1, -0.05) is 18.2 Å². The highest BCUT2D eigenvalue weighted by molar-refractivity contribution is 5.85. The quantitative estimate of drug-likeness (QED) is 0.758. The fourth-order valence-electron chi connectivity index (χ4n) is 3.02. The zero-order valence-corrected chi connectivity index (χ0v) is 13.8. The summed E-state index contributed by atoms with van der Waals surface area (Å²) in [5, 5.41) is 10.2. The van der Waals surface area contributed by atoms with E-state index in [1.54, 1.807) is 24.4 Å². The van der Waals surface area contributed by atoms with Crippen LogP contribution in [0.5, 0.6) is 0 Å². The first-order chi connectivity index (χ1) is 10.1. The van der Waals surface area contributed by atoms with Gasteiger partial charge in [-0.2, -0.15) is 0 Å². The third-order valence-corrected chi connectivity index (χ3v) is 4.11. The topological polar surface area (TPSA) is 59.1 Å². The number of hydrogen-bond acceptors (Lipinski definition) is 3. The van der Waals surface area contributed by atoms with Crippen LogP contribution in [0.3, 0.4) is 0 Å². The molecule has 0 fully saturated rings. The molecule has 3 nitrogen and oxygen atoms in total. The minimum atomic E-state index is -0.879. The van der Waals surface area contributed by atoms with E-state index in [4.69, 9.17) is 5.73 Å². The summed E-state index contributed by atoms with van der Waals surface area (Å²) in [7, 11) is 0. The standard InChI is InChI=1S/C16H16F2N2O.2ClH/c17-12-5-1-3-9(14(12)18)10-6-7-13(21)16-11(15(10)19)4-2-8-20-16;;/h1-5,8,10,13,15,21H,6-7,19H2;2*1H/t10?,13?,15-;;/m0../s1. The van der Waals surface area contributed by atoms with Crippen LogP contribution in [0, 0.1) is 11.6 Å². The number of hydrogen-bond donors (Lipinski definition) is 2. The van der Waals surface area contributed by atoms with E-state index < -0.39 is 23.8 Å².